The van der Waals surface area contributed by atoms with E-state index < -0.39 is 5.69 Å². The maximum Gasteiger partial charge on any atom is 0.331 e. The van der Waals surface area contributed by atoms with Gasteiger partial charge >= 0.3 is 5.69 Å². The number of rotatable bonds is 5. The van der Waals surface area contributed by atoms with Gasteiger partial charge in [0.15, 0.2) is 0 Å². The van der Waals surface area contributed by atoms with E-state index in [0.29, 0.717) is 16.6 Å². The largest absolute Gasteiger partial charge is 0.331 e. The predicted octanol–water partition coefficient (Wildman–Crippen LogP) is 4.10. The van der Waals surface area contributed by atoms with Crippen molar-refractivity contribution in [3.05, 3.63) is 93.6 Å². The molecule has 0 saturated heterocycles. The number of nitrogens with zero attached hydrogens (tertiary/aromatic N) is 3. The van der Waals surface area contributed by atoms with Gasteiger partial charge < -0.3 is 5.32 Å². The molecule has 1 amide bonds. The molecule has 0 unspecified atom stereocenters. The molecule has 0 aliphatic heterocycles. The van der Waals surface area contributed by atoms with E-state index in [-0.39, 0.29) is 24.6 Å². The van der Waals surface area contributed by atoms with E-state index in [0.717, 1.165) is 25.4 Å². The third kappa shape index (κ3) is 3.85. The van der Waals surface area contributed by atoms with Gasteiger partial charge in [0, 0.05) is 17.8 Å². The molecule has 5 rings (SSSR count). The van der Waals surface area contributed by atoms with E-state index in [9.17, 15) is 14.4 Å². The second-order valence-corrected chi connectivity index (χ2v) is 8.58. The van der Waals surface area contributed by atoms with Crippen LogP contribution in [-0.4, -0.2) is 20.0 Å². The van der Waals surface area contributed by atoms with Crippen LogP contribution in [0.3, 0.4) is 0 Å². The van der Waals surface area contributed by atoms with Crippen molar-refractivity contribution in [3.63, 3.8) is 0 Å². The Hall–Kier alpha value is -4.04. The second-order valence-electron chi connectivity index (χ2n) is 7.55. The third-order valence-corrected chi connectivity index (χ3v) is 6.55. The lowest BCUT2D eigenvalue weighted by Crippen LogP contribution is -2.41. The van der Waals surface area contributed by atoms with Crippen molar-refractivity contribution < 1.29 is 4.79 Å². The van der Waals surface area contributed by atoms with E-state index in [4.69, 9.17) is 0 Å². The summed E-state index contributed by atoms with van der Waals surface area (Å²) in [5.74, 6) is -0.351. The summed E-state index contributed by atoms with van der Waals surface area (Å²) in [7, 11) is 0. The van der Waals surface area contributed by atoms with Crippen LogP contribution in [-0.2, 0) is 17.9 Å². The van der Waals surface area contributed by atoms with E-state index >= 15 is 0 Å². The maximum absolute atomic E-state index is 12.8. The normalized spacial score (nSPS) is 11.2. The minimum absolute atomic E-state index is 0.195. The summed E-state index contributed by atoms with van der Waals surface area (Å²) in [5, 5.41) is 4.16. The molecule has 3 aromatic carbocycles. The SMILES string of the molecule is CCn1c(=O)c2ccccc2n(CC(=O)Nc2ccc(-c3nc4ccccc4s3)cc2)c1=O. The number of nitrogens with one attached hydrogen (secondary N) is 1. The fourth-order valence-electron chi connectivity index (χ4n) is 3.84. The minimum Gasteiger partial charge on any atom is -0.325 e. The minimum atomic E-state index is -0.498. The molecule has 1 N–H and O–H groups in total. The highest BCUT2D eigenvalue weighted by molar-refractivity contribution is 7.21. The Bertz CT molecular complexity index is 1580. The van der Waals surface area contributed by atoms with Crippen LogP contribution in [0.4, 0.5) is 5.69 Å². The second kappa shape index (κ2) is 8.48. The number of thiazole rings is 1. The molecule has 33 heavy (non-hydrogen) atoms. The molecule has 0 fully saturated rings. The highest BCUT2D eigenvalue weighted by Crippen LogP contribution is 2.30. The summed E-state index contributed by atoms with van der Waals surface area (Å²) in [6.45, 7) is 1.77. The van der Waals surface area contributed by atoms with E-state index in [1.807, 2.05) is 48.5 Å². The number of hydrogen-bond donors (Lipinski definition) is 1. The van der Waals surface area contributed by atoms with E-state index in [1.165, 1.54) is 4.57 Å². The Morgan fingerprint density at radius 2 is 1.67 bits per heavy atom. The van der Waals surface area contributed by atoms with Gasteiger partial charge in [0.05, 0.1) is 21.1 Å². The van der Waals surface area contributed by atoms with Crippen molar-refractivity contribution in [2.24, 2.45) is 0 Å². The van der Waals surface area contributed by atoms with Crippen LogP contribution in [0.2, 0.25) is 0 Å². The molecule has 8 heteroatoms. The fraction of sp³-hybridized carbons (Fsp3) is 0.120. The van der Waals surface area contributed by atoms with Gasteiger partial charge in [-0.1, -0.05) is 24.3 Å². The Balaban J connectivity index is 1.39. The van der Waals surface area contributed by atoms with Crippen LogP contribution in [0.15, 0.2) is 82.4 Å². The van der Waals surface area contributed by atoms with Crippen molar-refractivity contribution in [2.75, 3.05) is 5.32 Å². The Kier molecular flexibility index (Phi) is 5.35. The van der Waals surface area contributed by atoms with Gasteiger partial charge in [-0.25, -0.2) is 9.78 Å². The molecular weight excluding hydrogens is 436 g/mol. The molecule has 5 aromatic rings. The van der Waals surface area contributed by atoms with Crippen LogP contribution in [0.1, 0.15) is 6.92 Å². The Morgan fingerprint density at radius 1 is 0.939 bits per heavy atom. The van der Waals surface area contributed by atoms with Gasteiger partial charge in [-0.05, 0) is 55.5 Å². The summed E-state index contributed by atoms with van der Waals surface area (Å²) in [6, 6.07) is 22.2. The number of para-hydroxylation sites is 2. The third-order valence-electron chi connectivity index (χ3n) is 5.46. The number of benzene rings is 3. The van der Waals surface area contributed by atoms with Gasteiger partial charge in [0.25, 0.3) is 5.56 Å². The monoisotopic (exact) mass is 456 g/mol. The molecule has 0 aliphatic rings. The van der Waals surface area contributed by atoms with Crippen LogP contribution < -0.4 is 16.6 Å². The van der Waals surface area contributed by atoms with Crippen molar-refractivity contribution in [2.45, 2.75) is 20.0 Å². The van der Waals surface area contributed by atoms with Crippen molar-refractivity contribution in [3.8, 4) is 10.6 Å². The van der Waals surface area contributed by atoms with Crippen molar-refractivity contribution in [1.29, 1.82) is 0 Å². The first-order valence-electron chi connectivity index (χ1n) is 10.5. The lowest BCUT2D eigenvalue weighted by atomic mass is 10.2. The number of hydrogen-bond acceptors (Lipinski definition) is 5. The number of anilines is 1. The molecule has 0 radical (unpaired) electrons. The van der Waals surface area contributed by atoms with Crippen molar-refractivity contribution >= 4 is 44.1 Å². The molecule has 0 saturated carbocycles. The molecule has 7 nitrogen and oxygen atoms in total. The molecule has 2 heterocycles. The number of aromatic nitrogens is 3. The van der Waals surface area contributed by atoms with Gasteiger partial charge in [0.2, 0.25) is 5.91 Å². The quantitative estimate of drug-likeness (QED) is 0.431. The first-order valence-corrected chi connectivity index (χ1v) is 11.3. The fourth-order valence-corrected chi connectivity index (χ4v) is 4.81. The topological polar surface area (TPSA) is 86.0 Å². The summed E-state index contributed by atoms with van der Waals surface area (Å²) in [4.78, 5) is 42.8. The van der Waals surface area contributed by atoms with Crippen molar-refractivity contribution in [1.82, 2.24) is 14.1 Å². The number of fused-ring (bicyclic) bond motifs is 2. The zero-order chi connectivity index (χ0) is 22.9. The average molecular weight is 457 g/mol. The zero-order valence-corrected chi connectivity index (χ0v) is 18.6. The van der Waals surface area contributed by atoms with Gasteiger partial charge in [-0.2, -0.15) is 0 Å². The van der Waals surface area contributed by atoms with Crippen LogP contribution in [0.25, 0.3) is 31.7 Å². The van der Waals surface area contributed by atoms with E-state index in [2.05, 4.69) is 10.3 Å². The van der Waals surface area contributed by atoms with E-state index in [1.54, 1.807) is 42.5 Å². The molecule has 2 aromatic heterocycles. The van der Waals surface area contributed by atoms with Gasteiger partial charge in [-0.3, -0.25) is 18.7 Å². The summed E-state index contributed by atoms with van der Waals surface area (Å²) in [5.41, 5.74) is 2.14. The molecule has 0 spiro atoms. The molecule has 0 bridgehead atoms. The lowest BCUT2D eigenvalue weighted by Gasteiger charge is -2.13. The number of carbonyl (C=O) groups is 1. The first kappa shape index (κ1) is 20.8. The molecule has 0 atom stereocenters. The van der Waals surface area contributed by atoms with Crippen LogP contribution in [0.5, 0.6) is 0 Å². The van der Waals surface area contributed by atoms with Crippen LogP contribution >= 0.6 is 11.3 Å². The highest BCUT2D eigenvalue weighted by atomic mass is 32.1. The van der Waals surface area contributed by atoms with Gasteiger partial charge in [0.1, 0.15) is 11.6 Å². The first-order chi connectivity index (χ1) is 16.0. The van der Waals surface area contributed by atoms with Crippen LogP contribution in [0, 0.1) is 0 Å². The number of carbonyl (C=O) groups excluding carboxylic acids is 1. The Labute approximate surface area is 192 Å². The maximum atomic E-state index is 12.8. The smallest absolute Gasteiger partial charge is 0.325 e. The number of amides is 1. The Morgan fingerprint density at radius 3 is 2.42 bits per heavy atom. The summed E-state index contributed by atoms with van der Waals surface area (Å²) < 4.78 is 3.60. The lowest BCUT2D eigenvalue weighted by molar-refractivity contribution is -0.116. The highest BCUT2D eigenvalue weighted by Gasteiger charge is 2.14. The standard InChI is InChI=1S/C25H20N4O3S/c1-2-28-24(31)18-7-3-5-9-20(18)29(25(28)32)15-22(30)26-17-13-11-16(12-14-17)23-27-19-8-4-6-10-21(19)33-23/h3-14H,2,15H2,1H3,(H,26,30). The summed E-state index contributed by atoms with van der Waals surface area (Å²) in [6.07, 6.45) is 0. The summed E-state index contributed by atoms with van der Waals surface area (Å²) >= 11 is 1.61. The molecule has 164 valence electrons. The van der Waals surface area contributed by atoms with Gasteiger partial charge in [-0.15, -0.1) is 11.3 Å². The zero-order valence-electron chi connectivity index (χ0n) is 17.8. The average Bonchev–Trinajstić information content (AvgIpc) is 3.27. The predicted molar refractivity (Wildman–Crippen MR) is 132 cm³/mol. The molecule has 0 aliphatic carbocycles. The molecular formula is C25H20N4O3S.